The zero-order valence-corrected chi connectivity index (χ0v) is 15.2. The molecule has 132 valence electrons. The molecule has 7 heteroatoms. The van der Waals surface area contributed by atoms with Gasteiger partial charge < -0.3 is 19.3 Å². The first kappa shape index (κ1) is 17.4. The molecule has 0 aromatic rings. The van der Waals surface area contributed by atoms with E-state index in [9.17, 15) is 9.59 Å². The molecule has 0 saturated carbocycles. The zero-order chi connectivity index (χ0) is 17.3. The average molecular weight is 352 g/mol. The summed E-state index contributed by atoms with van der Waals surface area (Å²) >= 11 is 1.62. The van der Waals surface area contributed by atoms with Gasteiger partial charge in [-0.05, 0) is 13.8 Å². The fraction of sp³-hybridized carbons (Fsp3) is 0.647. The monoisotopic (exact) mass is 352 g/mol. The van der Waals surface area contributed by atoms with Crippen molar-refractivity contribution in [1.29, 1.82) is 0 Å². The molecule has 3 rings (SSSR count). The molecule has 0 N–H and O–H groups in total. The fourth-order valence-corrected chi connectivity index (χ4v) is 4.44. The molecule has 0 aromatic heterocycles. The van der Waals surface area contributed by atoms with Crippen LogP contribution in [0.1, 0.15) is 20.8 Å². The fourth-order valence-electron chi connectivity index (χ4n) is 3.13. The van der Waals surface area contributed by atoms with Crippen LogP contribution >= 0.6 is 11.8 Å². The molecule has 24 heavy (non-hydrogen) atoms. The third kappa shape index (κ3) is 3.47. The van der Waals surface area contributed by atoms with Crippen molar-refractivity contribution in [3.8, 4) is 0 Å². The quantitative estimate of drug-likeness (QED) is 0.568. The number of ether oxygens (including phenoxy) is 2. The molecule has 6 nitrogen and oxygen atoms in total. The lowest BCUT2D eigenvalue weighted by Gasteiger charge is -2.26. The van der Waals surface area contributed by atoms with Crippen molar-refractivity contribution in [1.82, 2.24) is 9.80 Å². The van der Waals surface area contributed by atoms with E-state index >= 15 is 0 Å². The predicted molar refractivity (Wildman–Crippen MR) is 92.1 cm³/mol. The van der Waals surface area contributed by atoms with Crippen LogP contribution in [0.25, 0.3) is 0 Å². The highest BCUT2D eigenvalue weighted by Gasteiger charge is 2.39. The summed E-state index contributed by atoms with van der Waals surface area (Å²) in [6, 6.07) is 0. The van der Waals surface area contributed by atoms with Crippen molar-refractivity contribution >= 4 is 23.6 Å². The Morgan fingerprint density at radius 2 is 2.04 bits per heavy atom. The summed E-state index contributed by atoms with van der Waals surface area (Å²) in [7, 11) is 0. The number of rotatable bonds is 3. The van der Waals surface area contributed by atoms with Crippen LogP contribution in [0.15, 0.2) is 22.4 Å². The Hall–Kier alpha value is -1.47. The van der Waals surface area contributed by atoms with Crippen LogP contribution in [-0.4, -0.2) is 66.4 Å². The standard InChI is InChI=1S/C17H24N2O4S/c1-11(2)23-17(21)15-12(3)9-19-13(10-24-16(15)19)8-14(20)18-4-6-22-7-5-18/h8,11-12H,4-7,9-10H2,1-3H3. The van der Waals surface area contributed by atoms with Gasteiger partial charge in [0.1, 0.15) is 0 Å². The largest absolute Gasteiger partial charge is 0.460 e. The topological polar surface area (TPSA) is 59.1 Å². The van der Waals surface area contributed by atoms with Gasteiger partial charge in [0.2, 0.25) is 5.91 Å². The van der Waals surface area contributed by atoms with Gasteiger partial charge in [0.15, 0.2) is 0 Å². The van der Waals surface area contributed by atoms with E-state index in [1.807, 2.05) is 25.7 Å². The number of fused-ring (bicyclic) bond motifs is 1. The summed E-state index contributed by atoms with van der Waals surface area (Å²) in [5.41, 5.74) is 1.72. The Bertz CT molecular complexity index is 593. The van der Waals surface area contributed by atoms with Crippen LogP contribution in [-0.2, 0) is 19.1 Å². The third-order valence-electron chi connectivity index (χ3n) is 4.30. The zero-order valence-electron chi connectivity index (χ0n) is 14.4. The molecule has 1 atom stereocenters. The summed E-state index contributed by atoms with van der Waals surface area (Å²) in [5, 5.41) is 0.953. The van der Waals surface area contributed by atoms with Crippen molar-refractivity contribution in [2.24, 2.45) is 5.92 Å². The summed E-state index contributed by atoms with van der Waals surface area (Å²) in [4.78, 5) is 28.7. The normalized spacial score (nSPS) is 25.7. The van der Waals surface area contributed by atoms with Gasteiger partial charge in [-0.3, -0.25) is 4.79 Å². The molecule has 0 aromatic carbocycles. The van der Waals surface area contributed by atoms with E-state index in [0.29, 0.717) is 26.3 Å². The van der Waals surface area contributed by atoms with Crippen LogP contribution in [0.2, 0.25) is 0 Å². The maximum atomic E-state index is 12.4. The minimum atomic E-state index is -0.233. The van der Waals surface area contributed by atoms with Gasteiger partial charge >= 0.3 is 5.97 Å². The lowest BCUT2D eigenvalue weighted by molar-refractivity contribution is -0.143. The second-order valence-corrected chi connectivity index (χ2v) is 7.51. The Labute approximate surface area is 146 Å². The molecule has 1 unspecified atom stereocenters. The Balaban J connectivity index is 1.76. The van der Waals surface area contributed by atoms with Crippen molar-refractivity contribution in [3.63, 3.8) is 0 Å². The van der Waals surface area contributed by atoms with Crippen molar-refractivity contribution in [2.75, 3.05) is 38.6 Å². The first-order valence-corrected chi connectivity index (χ1v) is 9.38. The molecule has 3 aliphatic rings. The molecule has 2 saturated heterocycles. The van der Waals surface area contributed by atoms with E-state index in [-0.39, 0.29) is 23.9 Å². The van der Waals surface area contributed by atoms with Crippen molar-refractivity contribution in [3.05, 3.63) is 22.4 Å². The second-order valence-electron chi connectivity index (χ2n) is 6.55. The van der Waals surface area contributed by atoms with Crippen LogP contribution in [0.3, 0.4) is 0 Å². The summed E-state index contributed by atoms with van der Waals surface area (Å²) in [6.07, 6.45) is 1.59. The van der Waals surface area contributed by atoms with Crippen molar-refractivity contribution < 1.29 is 19.1 Å². The van der Waals surface area contributed by atoms with Gasteiger partial charge in [-0.25, -0.2) is 4.79 Å². The van der Waals surface area contributed by atoms with E-state index in [1.165, 1.54) is 0 Å². The van der Waals surface area contributed by atoms with Crippen LogP contribution in [0, 0.1) is 5.92 Å². The van der Waals surface area contributed by atoms with Gasteiger partial charge in [-0.15, -0.1) is 11.8 Å². The van der Waals surface area contributed by atoms with Gasteiger partial charge in [0.25, 0.3) is 0 Å². The van der Waals surface area contributed by atoms with E-state index in [4.69, 9.17) is 9.47 Å². The highest BCUT2D eigenvalue weighted by atomic mass is 32.2. The number of carbonyl (C=O) groups excluding carboxylic acids is 2. The first-order chi connectivity index (χ1) is 11.5. The lowest BCUT2D eigenvalue weighted by Crippen LogP contribution is -2.40. The number of carbonyl (C=O) groups is 2. The number of nitrogens with zero attached hydrogens (tertiary/aromatic N) is 2. The van der Waals surface area contributed by atoms with Crippen LogP contribution < -0.4 is 0 Å². The molecular weight excluding hydrogens is 328 g/mol. The lowest BCUT2D eigenvalue weighted by atomic mass is 10.1. The highest BCUT2D eigenvalue weighted by molar-refractivity contribution is 8.03. The van der Waals surface area contributed by atoms with Gasteiger partial charge in [-0.2, -0.15) is 0 Å². The Morgan fingerprint density at radius 3 is 2.71 bits per heavy atom. The van der Waals surface area contributed by atoms with E-state index in [0.717, 1.165) is 28.6 Å². The smallest absolute Gasteiger partial charge is 0.337 e. The Morgan fingerprint density at radius 1 is 1.33 bits per heavy atom. The molecular formula is C17H24N2O4S. The molecule has 0 spiro atoms. The maximum Gasteiger partial charge on any atom is 0.337 e. The number of morpholine rings is 1. The molecule has 2 fully saturated rings. The molecule has 0 bridgehead atoms. The number of amides is 1. The highest BCUT2D eigenvalue weighted by Crippen LogP contribution is 2.45. The number of hydrogen-bond acceptors (Lipinski definition) is 6. The molecule has 1 amide bonds. The SMILES string of the molecule is CC(C)OC(=O)C1=C2SCC(=CC(=O)N3CCOCC3)N2CC1C. The maximum absolute atomic E-state index is 12.4. The summed E-state index contributed by atoms with van der Waals surface area (Å²) < 4.78 is 10.7. The number of hydrogen-bond donors (Lipinski definition) is 0. The Kier molecular flexibility index (Phi) is 5.20. The van der Waals surface area contributed by atoms with E-state index in [2.05, 4.69) is 4.90 Å². The van der Waals surface area contributed by atoms with Gasteiger partial charge in [0, 0.05) is 43.1 Å². The number of esters is 1. The van der Waals surface area contributed by atoms with Crippen LogP contribution in [0.5, 0.6) is 0 Å². The minimum Gasteiger partial charge on any atom is -0.460 e. The van der Waals surface area contributed by atoms with Gasteiger partial charge in [0.05, 0.1) is 29.9 Å². The summed E-state index contributed by atoms with van der Waals surface area (Å²) in [5.74, 6) is 0.626. The molecule has 3 heterocycles. The second kappa shape index (κ2) is 7.19. The van der Waals surface area contributed by atoms with Crippen LogP contribution in [0.4, 0.5) is 0 Å². The van der Waals surface area contributed by atoms with Gasteiger partial charge in [-0.1, -0.05) is 6.92 Å². The third-order valence-corrected chi connectivity index (χ3v) is 5.46. The average Bonchev–Trinajstić information content (AvgIpc) is 3.06. The summed E-state index contributed by atoms with van der Waals surface area (Å²) in [6.45, 7) is 8.95. The van der Waals surface area contributed by atoms with Crippen molar-refractivity contribution in [2.45, 2.75) is 26.9 Å². The van der Waals surface area contributed by atoms with E-state index < -0.39 is 0 Å². The minimum absolute atomic E-state index is 0.0287. The number of thioether (sulfide) groups is 1. The molecule has 0 aliphatic carbocycles. The van der Waals surface area contributed by atoms with E-state index in [1.54, 1.807) is 17.8 Å². The molecule has 0 radical (unpaired) electrons. The first-order valence-electron chi connectivity index (χ1n) is 8.40. The predicted octanol–water partition coefficient (Wildman–Crippen LogP) is 1.59. The molecule has 3 aliphatic heterocycles.